The van der Waals surface area contributed by atoms with Crippen LogP contribution in [0.15, 0.2) is 24.3 Å². The minimum Gasteiger partial charge on any atom is -0.460 e. The van der Waals surface area contributed by atoms with Gasteiger partial charge < -0.3 is 9.64 Å². The summed E-state index contributed by atoms with van der Waals surface area (Å²) in [6.07, 6.45) is 3.64. The molecule has 1 aromatic heterocycles. The lowest BCUT2D eigenvalue weighted by atomic mass is 9.92. The van der Waals surface area contributed by atoms with Crippen LogP contribution in [-0.4, -0.2) is 39.4 Å². The van der Waals surface area contributed by atoms with Gasteiger partial charge in [-0.05, 0) is 78.0 Å². The van der Waals surface area contributed by atoms with Gasteiger partial charge in [-0.2, -0.15) is 0 Å². The number of piperidine rings is 1. The van der Waals surface area contributed by atoms with E-state index in [1.165, 1.54) is 23.5 Å². The maximum absolute atomic E-state index is 13.6. The van der Waals surface area contributed by atoms with Crippen LogP contribution in [0.4, 0.5) is 4.39 Å². The lowest BCUT2D eigenvalue weighted by Gasteiger charge is -2.40. The van der Waals surface area contributed by atoms with E-state index in [2.05, 4.69) is 4.98 Å². The van der Waals surface area contributed by atoms with Gasteiger partial charge >= 0.3 is 5.97 Å². The molecule has 2 unspecified atom stereocenters. The van der Waals surface area contributed by atoms with Crippen LogP contribution in [0, 0.1) is 12.7 Å². The summed E-state index contributed by atoms with van der Waals surface area (Å²) in [5, 5.41) is 0.789. The molecule has 168 valence electrons. The molecule has 1 amide bonds. The third kappa shape index (κ3) is 5.91. The molecule has 0 N–H and O–H groups in total. The molecule has 1 saturated heterocycles. The summed E-state index contributed by atoms with van der Waals surface area (Å²) < 4.78 is 18.8. The van der Waals surface area contributed by atoms with Crippen molar-refractivity contribution in [3.05, 3.63) is 40.8 Å². The highest BCUT2D eigenvalue weighted by molar-refractivity contribution is 7.15. The number of likely N-dealkylation sites (tertiary alicyclic amines) is 1. The van der Waals surface area contributed by atoms with Gasteiger partial charge in [-0.15, -0.1) is 11.3 Å². The topological polar surface area (TPSA) is 59.5 Å². The highest BCUT2D eigenvalue weighted by atomic mass is 32.1. The molecule has 1 fully saturated rings. The van der Waals surface area contributed by atoms with Crippen molar-refractivity contribution in [2.75, 3.05) is 0 Å². The fourth-order valence-corrected chi connectivity index (χ4v) is 5.02. The third-order valence-electron chi connectivity index (χ3n) is 5.41. The van der Waals surface area contributed by atoms with Gasteiger partial charge in [-0.3, -0.25) is 9.59 Å². The second kappa shape index (κ2) is 9.47. The summed E-state index contributed by atoms with van der Waals surface area (Å²) >= 11 is 1.44. The summed E-state index contributed by atoms with van der Waals surface area (Å²) in [4.78, 5) is 33.1. The first-order valence-corrected chi connectivity index (χ1v) is 11.6. The molecule has 2 atom stereocenters. The zero-order chi connectivity index (χ0) is 22.8. The number of ether oxygens (including phenoxy) is 1. The Labute approximate surface area is 187 Å². The van der Waals surface area contributed by atoms with E-state index in [0.717, 1.165) is 34.7 Å². The van der Waals surface area contributed by atoms with Crippen molar-refractivity contribution in [2.24, 2.45) is 0 Å². The fourth-order valence-electron chi connectivity index (χ4n) is 4.10. The Morgan fingerprint density at radius 1 is 1.23 bits per heavy atom. The van der Waals surface area contributed by atoms with Crippen LogP contribution < -0.4 is 0 Å². The number of hydrogen-bond acceptors (Lipinski definition) is 5. The number of aromatic nitrogens is 1. The molecule has 1 aliphatic heterocycles. The van der Waals surface area contributed by atoms with Gasteiger partial charge in [0, 0.05) is 18.5 Å². The number of halogens is 1. The number of nitrogens with zero attached hydrogens (tertiary/aromatic N) is 2. The van der Waals surface area contributed by atoms with E-state index in [1.807, 2.05) is 39.5 Å². The van der Waals surface area contributed by atoms with Gasteiger partial charge in [-0.25, -0.2) is 9.37 Å². The number of thiazole rings is 1. The average Bonchev–Trinajstić information content (AvgIpc) is 3.07. The van der Waals surface area contributed by atoms with Crippen LogP contribution >= 0.6 is 11.3 Å². The van der Waals surface area contributed by atoms with Crippen molar-refractivity contribution in [3.8, 4) is 10.4 Å². The van der Waals surface area contributed by atoms with E-state index < -0.39 is 5.60 Å². The van der Waals surface area contributed by atoms with Crippen molar-refractivity contribution in [1.29, 1.82) is 0 Å². The molecular weight excluding hydrogens is 415 g/mol. The molecule has 1 aromatic carbocycles. The lowest BCUT2D eigenvalue weighted by Crippen LogP contribution is -2.49. The Hall–Kier alpha value is -2.28. The highest BCUT2D eigenvalue weighted by Crippen LogP contribution is 2.34. The predicted octanol–water partition coefficient (Wildman–Crippen LogP) is 5.76. The highest BCUT2D eigenvalue weighted by Gasteiger charge is 2.35. The van der Waals surface area contributed by atoms with E-state index in [1.54, 1.807) is 12.1 Å². The largest absolute Gasteiger partial charge is 0.460 e. The number of hydrogen-bond donors (Lipinski definition) is 0. The lowest BCUT2D eigenvalue weighted by molar-refractivity contribution is -0.155. The Balaban J connectivity index is 1.83. The molecular formula is C24H31FN2O3S. The first kappa shape index (κ1) is 23.4. The van der Waals surface area contributed by atoms with Crippen molar-refractivity contribution >= 4 is 23.2 Å². The van der Waals surface area contributed by atoms with Gasteiger partial charge in [0.25, 0.3) is 5.91 Å². The van der Waals surface area contributed by atoms with Gasteiger partial charge in [0.2, 0.25) is 0 Å². The van der Waals surface area contributed by atoms with E-state index in [0.29, 0.717) is 12.1 Å². The smallest absolute Gasteiger partial charge is 0.306 e. The van der Waals surface area contributed by atoms with Gasteiger partial charge in [0.1, 0.15) is 17.1 Å². The summed E-state index contributed by atoms with van der Waals surface area (Å²) in [6.45, 7) is 9.48. The Morgan fingerprint density at radius 3 is 2.55 bits per heavy atom. The molecule has 0 spiro atoms. The number of carbonyl (C=O) groups is 2. The standard InChI is InChI=1S/C24H31FN2O3S/c1-15-7-6-8-19(13-14-20(28)30-24(3,4)5)27(15)23(29)21-22(31-16(2)26-21)17-9-11-18(25)12-10-17/h9-12,15,19H,6-8,13-14H2,1-5H3. The quantitative estimate of drug-likeness (QED) is 0.548. The summed E-state index contributed by atoms with van der Waals surface area (Å²) in [5.74, 6) is -0.676. The molecule has 2 heterocycles. The first-order valence-electron chi connectivity index (χ1n) is 10.8. The molecule has 0 saturated carbocycles. The van der Waals surface area contributed by atoms with Crippen LogP contribution in [0.25, 0.3) is 10.4 Å². The molecule has 1 aliphatic rings. The number of aryl methyl sites for hydroxylation is 1. The van der Waals surface area contributed by atoms with Crippen LogP contribution in [0.3, 0.4) is 0 Å². The Morgan fingerprint density at radius 2 is 1.90 bits per heavy atom. The van der Waals surface area contributed by atoms with E-state index in [4.69, 9.17) is 4.74 Å². The number of rotatable bonds is 5. The normalized spacial score (nSPS) is 19.4. The molecule has 0 bridgehead atoms. The Kier molecular flexibility index (Phi) is 7.14. The van der Waals surface area contributed by atoms with Crippen LogP contribution in [0.5, 0.6) is 0 Å². The maximum atomic E-state index is 13.6. The minimum atomic E-state index is -0.519. The number of benzene rings is 1. The number of carbonyl (C=O) groups excluding carboxylic acids is 2. The van der Waals surface area contributed by atoms with Crippen LogP contribution in [0.2, 0.25) is 0 Å². The summed E-state index contributed by atoms with van der Waals surface area (Å²) in [5.41, 5.74) is 0.671. The molecule has 31 heavy (non-hydrogen) atoms. The molecule has 0 radical (unpaired) electrons. The molecule has 3 rings (SSSR count). The van der Waals surface area contributed by atoms with Crippen molar-refractivity contribution in [1.82, 2.24) is 9.88 Å². The monoisotopic (exact) mass is 446 g/mol. The fraction of sp³-hybridized carbons (Fsp3) is 0.542. The van der Waals surface area contributed by atoms with Crippen LogP contribution in [-0.2, 0) is 9.53 Å². The minimum absolute atomic E-state index is 0.0353. The van der Waals surface area contributed by atoms with Gasteiger partial charge in [-0.1, -0.05) is 12.1 Å². The van der Waals surface area contributed by atoms with Crippen molar-refractivity contribution < 1.29 is 18.7 Å². The van der Waals surface area contributed by atoms with E-state index in [9.17, 15) is 14.0 Å². The van der Waals surface area contributed by atoms with Crippen molar-refractivity contribution in [3.63, 3.8) is 0 Å². The van der Waals surface area contributed by atoms with Gasteiger partial charge in [0.05, 0.1) is 9.88 Å². The maximum Gasteiger partial charge on any atom is 0.306 e. The predicted molar refractivity (Wildman–Crippen MR) is 121 cm³/mol. The first-order chi connectivity index (χ1) is 14.5. The summed E-state index contributed by atoms with van der Waals surface area (Å²) in [7, 11) is 0. The SMILES string of the molecule is Cc1nc(C(=O)N2C(C)CCCC2CCC(=O)OC(C)(C)C)c(-c2ccc(F)cc2)s1. The second-order valence-electron chi connectivity index (χ2n) is 9.19. The second-order valence-corrected chi connectivity index (χ2v) is 10.4. The van der Waals surface area contributed by atoms with Crippen LogP contribution in [0.1, 0.15) is 75.3 Å². The molecule has 2 aromatic rings. The number of esters is 1. The Bertz CT molecular complexity index is 933. The molecule has 0 aliphatic carbocycles. The third-order valence-corrected chi connectivity index (χ3v) is 6.43. The van der Waals surface area contributed by atoms with Gasteiger partial charge in [0.15, 0.2) is 0 Å². The summed E-state index contributed by atoms with van der Waals surface area (Å²) in [6, 6.07) is 6.18. The molecule has 5 nitrogen and oxygen atoms in total. The molecule has 7 heteroatoms. The zero-order valence-electron chi connectivity index (χ0n) is 18.9. The average molecular weight is 447 g/mol. The van der Waals surface area contributed by atoms with Crippen molar-refractivity contribution in [2.45, 2.75) is 84.4 Å². The number of amides is 1. The zero-order valence-corrected chi connectivity index (χ0v) is 19.7. The van der Waals surface area contributed by atoms with E-state index >= 15 is 0 Å². The van der Waals surface area contributed by atoms with E-state index in [-0.39, 0.29) is 36.2 Å².